The molecule has 9 nitrogen and oxygen atoms in total. The quantitative estimate of drug-likeness (QED) is 0.485. The lowest BCUT2D eigenvalue weighted by Gasteiger charge is -2.25. The lowest BCUT2D eigenvalue weighted by molar-refractivity contribution is 0.180. The molecule has 5 rings (SSSR count). The van der Waals surface area contributed by atoms with Gasteiger partial charge < -0.3 is 24.5 Å². The number of methoxy groups -OCH3 is 1. The lowest BCUT2D eigenvalue weighted by atomic mass is 10.2. The third-order valence-corrected chi connectivity index (χ3v) is 5.68. The summed E-state index contributed by atoms with van der Waals surface area (Å²) in [7, 11) is 1.74. The van der Waals surface area contributed by atoms with Crippen LogP contribution in [0, 0.1) is 0 Å². The van der Waals surface area contributed by atoms with E-state index in [0.717, 1.165) is 41.9 Å². The number of fused-ring (bicyclic) bond motifs is 2. The zero-order valence-corrected chi connectivity index (χ0v) is 17.7. The van der Waals surface area contributed by atoms with Gasteiger partial charge in [0.05, 0.1) is 24.2 Å². The predicted molar refractivity (Wildman–Crippen MR) is 117 cm³/mol. The highest BCUT2D eigenvalue weighted by Crippen LogP contribution is 2.35. The molecule has 0 aliphatic carbocycles. The molecular weight excluding hydrogens is 396 g/mol. The fraction of sp³-hybridized carbons (Fsp3) is 0.409. The maximum Gasteiger partial charge on any atom is 0.232 e. The van der Waals surface area contributed by atoms with Gasteiger partial charge >= 0.3 is 0 Å². The first-order valence-electron chi connectivity index (χ1n) is 10.5. The van der Waals surface area contributed by atoms with Gasteiger partial charge in [0.15, 0.2) is 11.4 Å². The average Bonchev–Trinajstić information content (AvgIpc) is 3.51. The molecule has 162 valence electrons. The number of anilines is 1. The molecule has 0 amide bonds. The minimum atomic E-state index is -0.128. The van der Waals surface area contributed by atoms with Crippen molar-refractivity contribution in [1.82, 2.24) is 19.6 Å². The largest absolute Gasteiger partial charge is 0.472 e. The van der Waals surface area contributed by atoms with E-state index in [1.807, 2.05) is 25.1 Å². The monoisotopic (exact) mass is 422 g/mol. The fourth-order valence-corrected chi connectivity index (χ4v) is 4.13. The van der Waals surface area contributed by atoms with Crippen LogP contribution in [0.25, 0.3) is 28.1 Å². The van der Waals surface area contributed by atoms with E-state index in [-0.39, 0.29) is 6.10 Å². The maximum absolute atomic E-state index is 6.20. The van der Waals surface area contributed by atoms with Crippen LogP contribution in [0.4, 0.5) is 5.82 Å². The van der Waals surface area contributed by atoms with Gasteiger partial charge in [0.1, 0.15) is 23.2 Å². The SMILES string of the molecule is COCC1CCCN1c1nccc2oc(-c3cnc4ccc(OC(C)CN)nn34)cc12. The zero-order valence-electron chi connectivity index (χ0n) is 17.7. The van der Waals surface area contributed by atoms with Crippen LogP contribution in [0.3, 0.4) is 0 Å². The van der Waals surface area contributed by atoms with E-state index in [4.69, 9.17) is 19.6 Å². The predicted octanol–water partition coefficient (Wildman–Crippen LogP) is 2.88. The van der Waals surface area contributed by atoms with E-state index in [0.29, 0.717) is 36.5 Å². The van der Waals surface area contributed by atoms with Crippen molar-refractivity contribution in [3.8, 4) is 17.3 Å². The third-order valence-electron chi connectivity index (χ3n) is 5.68. The first-order valence-corrected chi connectivity index (χ1v) is 10.5. The number of nitrogens with two attached hydrogens (primary N) is 1. The van der Waals surface area contributed by atoms with Crippen molar-refractivity contribution in [2.24, 2.45) is 5.73 Å². The van der Waals surface area contributed by atoms with Gasteiger partial charge in [-0.15, -0.1) is 5.10 Å². The van der Waals surface area contributed by atoms with Crippen LogP contribution in [-0.4, -0.2) is 58.5 Å². The molecule has 0 saturated carbocycles. The molecule has 2 unspecified atom stereocenters. The minimum absolute atomic E-state index is 0.128. The molecule has 0 radical (unpaired) electrons. The molecule has 0 bridgehead atoms. The van der Waals surface area contributed by atoms with Gasteiger partial charge in [-0.25, -0.2) is 14.5 Å². The number of nitrogens with zero attached hydrogens (tertiary/aromatic N) is 5. The van der Waals surface area contributed by atoms with Gasteiger partial charge in [0.2, 0.25) is 5.88 Å². The molecule has 5 heterocycles. The number of furan rings is 1. The summed E-state index contributed by atoms with van der Waals surface area (Å²) in [6, 6.07) is 7.88. The second-order valence-corrected chi connectivity index (χ2v) is 7.85. The van der Waals surface area contributed by atoms with E-state index >= 15 is 0 Å². The van der Waals surface area contributed by atoms with Crippen molar-refractivity contribution in [3.63, 3.8) is 0 Å². The first kappa shape index (κ1) is 19.8. The highest BCUT2D eigenvalue weighted by Gasteiger charge is 2.28. The van der Waals surface area contributed by atoms with Crippen molar-refractivity contribution in [2.75, 3.05) is 31.7 Å². The number of rotatable bonds is 7. The van der Waals surface area contributed by atoms with Crippen molar-refractivity contribution < 1.29 is 13.9 Å². The van der Waals surface area contributed by atoms with Crippen molar-refractivity contribution in [2.45, 2.75) is 31.9 Å². The average molecular weight is 422 g/mol. The molecule has 0 aromatic carbocycles. The summed E-state index contributed by atoms with van der Waals surface area (Å²) in [5.74, 6) is 2.09. The van der Waals surface area contributed by atoms with E-state index < -0.39 is 0 Å². The Hall–Kier alpha value is -3.17. The number of aromatic nitrogens is 4. The van der Waals surface area contributed by atoms with Crippen LogP contribution < -0.4 is 15.4 Å². The first-order chi connectivity index (χ1) is 15.2. The van der Waals surface area contributed by atoms with E-state index in [1.165, 1.54) is 0 Å². The molecule has 1 fully saturated rings. The fourth-order valence-electron chi connectivity index (χ4n) is 4.13. The molecule has 0 spiro atoms. The van der Waals surface area contributed by atoms with Gasteiger partial charge in [0.25, 0.3) is 0 Å². The summed E-state index contributed by atoms with van der Waals surface area (Å²) in [6.45, 7) is 3.96. The van der Waals surface area contributed by atoms with Crippen LogP contribution in [0.1, 0.15) is 19.8 Å². The minimum Gasteiger partial charge on any atom is -0.472 e. The zero-order chi connectivity index (χ0) is 21.4. The van der Waals surface area contributed by atoms with Crippen molar-refractivity contribution >= 4 is 22.4 Å². The maximum atomic E-state index is 6.20. The number of imidazole rings is 1. The summed E-state index contributed by atoms with van der Waals surface area (Å²) in [5.41, 5.74) is 7.90. The standard InChI is InChI=1S/C22H26N6O3/c1-14(11-23)30-21-6-5-20-25-12-17(28(20)26-21)19-10-16-18(31-19)7-8-24-22(16)27-9-3-4-15(27)13-29-2/h5-8,10,12,14-15H,3-4,9,11,13,23H2,1-2H3. The summed E-state index contributed by atoms with van der Waals surface area (Å²) >= 11 is 0. The van der Waals surface area contributed by atoms with Gasteiger partial charge in [0, 0.05) is 32.5 Å². The Morgan fingerprint density at radius 1 is 1.29 bits per heavy atom. The molecule has 4 aromatic heterocycles. The molecule has 1 saturated heterocycles. The molecule has 9 heteroatoms. The van der Waals surface area contributed by atoms with Gasteiger partial charge in [-0.2, -0.15) is 0 Å². The van der Waals surface area contributed by atoms with Gasteiger partial charge in [-0.1, -0.05) is 0 Å². The number of hydrogen-bond acceptors (Lipinski definition) is 8. The van der Waals surface area contributed by atoms with Gasteiger partial charge in [-0.3, -0.25) is 0 Å². The number of pyridine rings is 1. The molecule has 1 aliphatic heterocycles. The Morgan fingerprint density at radius 3 is 3.03 bits per heavy atom. The van der Waals surface area contributed by atoms with E-state index in [2.05, 4.69) is 20.0 Å². The topological polar surface area (TPSA) is 104 Å². The lowest BCUT2D eigenvalue weighted by Crippen LogP contribution is -2.33. The van der Waals surface area contributed by atoms with E-state index in [9.17, 15) is 0 Å². The summed E-state index contributed by atoms with van der Waals surface area (Å²) in [4.78, 5) is 11.5. The van der Waals surface area contributed by atoms with Crippen LogP contribution in [0.2, 0.25) is 0 Å². The number of hydrogen-bond donors (Lipinski definition) is 1. The molecule has 1 aliphatic rings. The number of ether oxygens (including phenoxy) is 2. The smallest absolute Gasteiger partial charge is 0.232 e. The third kappa shape index (κ3) is 3.60. The van der Waals surface area contributed by atoms with Crippen LogP contribution in [-0.2, 0) is 4.74 Å². The summed E-state index contributed by atoms with van der Waals surface area (Å²) in [6.07, 6.45) is 5.64. The molecular formula is C22H26N6O3. The summed E-state index contributed by atoms with van der Waals surface area (Å²) < 4.78 is 19.1. The molecule has 31 heavy (non-hydrogen) atoms. The molecule has 2 N–H and O–H groups in total. The summed E-state index contributed by atoms with van der Waals surface area (Å²) in [5, 5.41) is 5.55. The Bertz CT molecular complexity index is 1200. The van der Waals surface area contributed by atoms with Crippen molar-refractivity contribution in [3.05, 3.63) is 36.7 Å². The molecule has 4 aromatic rings. The van der Waals surface area contributed by atoms with Crippen LogP contribution in [0.15, 0.2) is 41.1 Å². The second kappa shape index (κ2) is 8.16. The Morgan fingerprint density at radius 2 is 2.19 bits per heavy atom. The van der Waals surface area contributed by atoms with Crippen LogP contribution in [0.5, 0.6) is 5.88 Å². The molecule has 2 atom stereocenters. The second-order valence-electron chi connectivity index (χ2n) is 7.85. The van der Waals surface area contributed by atoms with Crippen LogP contribution >= 0.6 is 0 Å². The normalized spacial score (nSPS) is 17.6. The highest BCUT2D eigenvalue weighted by atomic mass is 16.5. The van der Waals surface area contributed by atoms with Gasteiger partial charge in [-0.05, 0) is 38.0 Å². The Balaban J connectivity index is 1.55. The Labute approximate surface area is 179 Å². The Kier molecular flexibility index (Phi) is 5.21. The van der Waals surface area contributed by atoms with Crippen molar-refractivity contribution in [1.29, 1.82) is 0 Å². The van der Waals surface area contributed by atoms with E-state index in [1.54, 1.807) is 30.1 Å². The highest BCUT2D eigenvalue weighted by molar-refractivity contribution is 5.92.